The molecule has 2 atom stereocenters. The number of hydrogen-bond donors (Lipinski definition) is 0. The van der Waals surface area contributed by atoms with Crippen LogP contribution in [0.25, 0.3) is 0 Å². The third-order valence-electron chi connectivity index (χ3n) is 2.99. The molecule has 0 saturated heterocycles. The summed E-state index contributed by atoms with van der Waals surface area (Å²) in [6.07, 6.45) is 4.98. The molecule has 0 amide bonds. The van der Waals surface area contributed by atoms with Gasteiger partial charge < -0.3 is 0 Å². The third-order valence-corrected chi connectivity index (χ3v) is 6.11. The van der Waals surface area contributed by atoms with Crippen LogP contribution >= 0.6 is 0 Å². The fraction of sp³-hybridized carbons (Fsp3) is 0.471. The number of ether oxygens (including phenoxy) is 2. The molecule has 0 aliphatic heterocycles. The summed E-state index contributed by atoms with van der Waals surface area (Å²) in [5, 5.41) is 0. The zero-order valence-electron chi connectivity index (χ0n) is 13.0. The van der Waals surface area contributed by atoms with E-state index in [0.29, 0.717) is 26.4 Å². The first-order valence-corrected chi connectivity index (χ1v) is 9.26. The zero-order valence-corrected chi connectivity index (χ0v) is 14.7. The van der Waals surface area contributed by atoms with Gasteiger partial charge in [0.25, 0.3) is 0 Å². The average molecular weight is 355 g/mol. The van der Waals surface area contributed by atoms with Crippen LogP contribution in [0.4, 0.5) is 0 Å². The number of carbonyl (C=O) groups is 1. The van der Waals surface area contributed by atoms with E-state index in [1.165, 1.54) is 16.8 Å². The Morgan fingerprint density at radius 3 is 2.48 bits per heavy atom. The van der Waals surface area contributed by atoms with Crippen LogP contribution in [0.3, 0.4) is 0 Å². The Hall–Kier alpha value is -1.25. The van der Waals surface area contributed by atoms with Crippen molar-refractivity contribution >= 4 is 25.4 Å². The topological polar surface area (TPSA) is 35.5 Å². The van der Waals surface area contributed by atoms with Gasteiger partial charge in [0.1, 0.15) is 0 Å². The van der Waals surface area contributed by atoms with Crippen molar-refractivity contribution in [2.75, 3.05) is 6.61 Å². The molecule has 21 heavy (non-hydrogen) atoms. The Morgan fingerprint density at radius 1 is 1.19 bits per heavy atom. The average Bonchev–Trinajstić information content (AvgIpc) is 2.51. The second kappa shape index (κ2) is 10.5. The van der Waals surface area contributed by atoms with E-state index in [-0.39, 0.29) is 12.1 Å². The maximum atomic E-state index is 11.3. The van der Waals surface area contributed by atoms with Gasteiger partial charge in [-0.25, -0.2) is 0 Å². The molecule has 0 aliphatic carbocycles. The van der Waals surface area contributed by atoms with Crippen LogP contribution in [0.1, 0.15) is 33.6 Å². The first kappa shape index (κ1) is 17.8. The van der Waals surface area contributed by atoms with Gasteiger partial charge in [-0.1, -0.05) is 0 Å². The molecule has 0 aromatic heterocycles. The van der Waals surface area contributed by atoms with Crippen LogP contribution < -0.4 is 4.46 Å². The molecule has 2 unspecified atom stereocenters. The Balaban J connectivity index is 2.57. The Kier molecular flexibility index (Phi) is 8.88. The summed E-state index contributed by atoms with van der Waals surface area (Å²) in [6, 6.07) is 10.5. The van der Waals surface area contributed by atoms with Crippen molar-refractivity contribution in [2.45, 2.75) is 44.5 Å². The molecule has 0 aliphatic rings. The molecule has 116 valence electrons. The van der Waals surface area contributed by atoms with Gasteiger partial charge in [-0.05, 0) is 0 Å². The van der Waals surface area contributed by atoms with Crippen molar-refractivity contribution in [3.63, 3.8) is 0 Å². The van der Waals surface area contributed by atoms with E-state index < -0.39 is 0 Å². The standard InChI is InChI=1S/C17H24O3Se/c1-4-15(20-13-12-17(18)19-6-3)16(5-2)21-14-10-8-7-9-11-14/h7-13,15-16H,4-6H2,1-3H3/b13-12+. The SMILES string of the molecule is CCOC(=O)/C=C/OC(CC)C(CC)[Se]c1ccccc1. The van der Waals surface area contributed by atoms with E-state index in [0.717, 1.165) is 12.8 Å². The monoisotopic (exact) mass is 356 g/mol. The number of carbonyl (C=O) groups excluding carboxylic acids is 1. The number of rotatable bonds is 9. The molecule has 3 nitrogen and oxygen atoms in total. The number of esters is 1. The molecule has 1 aromatic carbocycles. The second-order valence-electron chi connectivity index (χ2n) is 4.52. The molecule has 0 bridgehead atoms. The Morgan fingerprint density at radius 2 is 1.90 bits per heavy atom. The quantitative estimate of drug-likeness (QED) is 0.296. The predicted octanol–water partition coefficient (Wildman–Crippen LogP) is 3.09. The van der Waals surface area contributed by atoms with Gasteiger partial charge in [-0.2, -0.15) is 0 Å². The fourth-order valence-electron chi connectivity index (χ4n) is 1.93. The van der Waals surface area contributed by atoms with E-state index in [1.54, 1.807) is 6.92 Å². The first-order valence-electron chi connectivity index (χ1n) is 7.41. The van der Waals surface area contributed by atoms with E-state index >= 15 is 0 Å². The van der Waals surface area contributed by atoms with Crippen molar-refractivity contribution in [3.8, 4) is 0 Å². The molecule has 0 N–H and O–H groups in total. The third kappa shape index (κ3) is 6.83. The van der Waals surface area contributed by atoms with Gasteiger partial charge in [0, 0.05) is 0 Å². The molecule has 4 heteroatoms. The zero-order chi connectivity index (χ0) is 15.5. The molecular weight excluding hydrogens is 331 g/mol. The fourth-order valence-corrected chi connectivity index (χ4v) is 4.53. The molecule has 0 fully saturated rings. The summed E-state index contributed by atoms with van der Waals surface area (Å²) in [5.74, 6) is -0.353. The maximum absolute atomic E-state index is 11.3. The van der Waals surface area contributed by atoms with E-state index in [1.807, 2.05) is 6.07 Å². The molecule has 1 rings (SSSR count). The minimum atomic E-state index is -0.353. The molecule has 0 radical (unpaired) electrons. The summed E-state index contributed by atoms with van der Waals surface area (Å²) in [5.41, 5.74) is 0. The first-order chi connectivity index (χ1) is 10.2. The normalized spacial score (nSPS) is 13.9. The van der Waals surface area contributed by atoms with Crippen LogP contribution in [0.15, 0.2) is 42.7 Å². The molecule has 0 spiro atoms. The molecule has 0 heterocycles. The Bertz CT molecular complexity index is 431. The van der Waals surface area contributed by atoms with Crippen LogP contribution in [0.5, 0.6) is 0 Å². The summed E-state index contributed by atoms with van der Waals surface area (Å²) in [7, 11) is 0. The minimum absolute atomic E-state index is 0.140. The molecular formula is C17H24O3Se. The van der Waals surface area contributed by atoms with Crippen molar-refractivity contribution < 1.29 is 14.3 Å². The van der Waals surface area contributed by atoms with Crippen molar-refractivity contribution in [3.05, 3.63) is 42.7 Å². The van der Waals surface area contributed by atoms with Crippen LogP contribution in [0.2, 0.25) is 4.82 Å². The van der Waals surface area contributed by atoms with Gasteiger partial charge in [0.05, 0.1) is 0 Å². The molecule has 0 saturated carbocycles. The van der Waals surface area contributed by atoms with Gasteiger partial charge in [-0.15, -0.1) is 0 Å². The van der Waals surface area contributed by atoms with Crippen molar-refractivity contribution in [1.82, 2.24) is 0 Å². The summed E-state index contributed by atoms with van der Waals surface area (Å²) >= 11 is 0.369. The van der Waals surface area contributed by atoms with Gasteiger partial charge in [-0.3, -0.25) is 0 Å². The van der Waals surface area contributed by atoms with Gasteiger partial charge in [0.2, 0.25) is 0 Å². The van der Waals surface area contributed by atoms with Crippen molar-refractivity contribution in [1.29, 1.82) is 0 Å². The van der Waals surface area contributed by atoms with Crippen LogP contribution in [0, 0.1) is 0 Å². The Labute approximate surface area is 133 Å². The van der Waals surface area contributed by atoms with Gasteiger partial charge in [0.15, 0.2) is 0 Å². The summed E-state index contributed by atoms with van der Waals surface area (Å²) < 4.78 is 12.0. The number of benzene rings is 1. The van der Waals surface area contributed by atoms with E-state index in [2.05, 4.69) is 38.1 Å². The van der Waals surface area contributed by atoms with Gasteiger partial charge >= 0.3 is 133 Å². The number of hydrogen-bond acceptors (Lipinski definition) is 3. The van der Waals surface area contributed by atoms with E-state index in [4.69, 9.17) is 9.47 Å². The van der Waals surface area contributed by atoms with Crippen LogP contribution in [-0.2, 0) is 14.3 Å². The predicted molar refractivity (Wildman–Crippen MR) is 86.8 cm³/mol. The summed E-state index contributed by atoms with van der Waals surface area (Å²) in [4.78, 5) is 11.8. The second-order valence-corrected chi connectivity index (χ2v) is 7.27. The molecule has 1 aromatic rings. The van der Waals surface area contributed by atoms with Crippen molar-refractivity contribution in [2.24, 2.45) is 0 Å². The van der Waals surface area contributed by atoms with E-state index in [9.17, 15) is 4.79 Å². The summed E-state index contributed by atoms with van der Waals surface area (Å²) in [6.45, 7) is 6.48. The van der Waals surface area contributed by atoms with Crippen LogP contribution in [-0.4, -0.2) is 33.6 Å².